The van der Waals surface area contributed by atoms with Gasteiger partial charge in [0.15, 0.2) is 11.4 Å². The highest BCUT2D eigenvalue weighted by Gasteiger charge is 2.48. The van der Waals surface area contributed by atoms with E-state index in [0.717, 1.165) is 12.8 Å². The van der Waals surface area contributed by atoms with E-state index in [-0.39, 0.29) is 17.4 Å². The minimum absolute atomic E-state index is 0.138. The SMILES string of the molecule is O=C(O)c1occ2c1OC1(CCCC1)C(=O)N2. The molecule has 1 spiro atoms. The van der Waals surface area contributed by atoms with Gasteiger partial charge in [-0.05, 0) is 25.7 Å². The molecule has 0 radical (unpaired) electrons. The zero-order chi connectivity index (χ0) is 12.0. The third-order valence-electron chi connectivity index (χ3n) is 3.31. The minimum Gasteiger partial charge on any atom is -0.475 e. The van der Waals surface area contributed by atoms with Gasteiger partial charge in [0.05, 0.1) is 0 Å². The number of carbonyl (C=O) groups excluding carboxylic acids is 1. The highest BCUT2D eigenvalue weighted by molar-refractivity contribution is 6.03. The number of carbonyl (C=O) groups is 2. The number of hydrogen-bond donors (Lipinski definition) is 2. The molecule has 0 bridgehead atoms. The molecule has 1 aliphatic carbocycles. The molecule has 2 aliphatic rings. The zero-order valence-corrected chi connectivity index (χ0v) is 8.99. The van der Waals surface area contributed by atoms with Gasteiger partial charge < -0.3 is 19.6 Å². The molecule has 1 fully saturated rings. The lowest BCUT2D eigenvalue weighted by atomic mass is 9.99. The van der Waals surface area contributed by atoms with Crippen molar-refractivity contribution in [1.82, 2.24) is 0 Å². The highest BCUT2D eigenvalue weighted by atomic mass is 16.5. The molecule has 0 aromatic carbocycles. The minimum atomic E-state index is -1.20. The highest BCUT2D eigenvalue weighted by Crippen LogP contribution is 2.44. The summed E-state index contributed by atoms with van der Waals surface area (Å²) in [5.41, 5.74) is -0.605. The van der Waals surface area contributed by atoms with Crippen LogP contribution in [0.1, 0.15) is 36.2 Å². The number of aromatic carboxylic acids is 1. The van der Waals surface area contributed by atoms with Crippen molar-refractivity contribution in [3.8, 4) is 5.75 Å². The number of nitrogens with one attached hydrogen (secondary N) is 1. The van der Waals surface area contributed by atoms with Crippen molar-refractivity contribution in [3.05, 3.63) is 12.0 Å². The zero-order valence-electron chi connectivity index (χ0n) is 8.99. The second-order valence-electron chi connectivity index (χ2n) is 4.37. The van der Waals surface area contributed by atoms with Crippen molar-refractivity contribution in [2.75, 3.05) is 5.32 Å². The molecule has 17 heavy (non-hydrogen) atoms. The van der Waals surface area contributed by atoms with Crippen LogP contribution in [0.15, 0.2) is 10.7 Å². The second-order valence-corrected chi connectivity index (χ2v) is 4.37. The van der Waals surface area contributed by atoms with E-state index in [0.29, 0.717) is 18.5 Å². The van der Waals surface area contributed by atoms with E-state index in [1.165, 1.54) is 6.26 Å². The van der Waals surface area contributed by atoms with E-state index in [2.05, 4.69) is 5.32 Å². The van der Waals surface area contributed by atoms with E-state index in [9.17, 15) is 9.59 Å². The molecule has 0 saturated heterocycles. The predicted octanol–water partition coefficient (Wildman–Crippen LogP) is 1.62. The molecular weight excluding hydrogens is 226 g/mol. The number of ether oxygens (including phenoxy) is 1. The van der Waals surface area contributed by atoms with Crippen LogP contribution in [0.2, 0.25) is 0 Å². The van der Waals surface area contributed by atoms with E-state index in [1.54, 1.807) is 0 Å². The van der Waals surface area contributed by atoms with Gasteiger partial charge in [0.25, 0.3) is 11.7 Å². The predicted molar refractivity (Wildman–Crippen MR) is 56.1 cm³/mol. The Labute approximate surface area is 96.5 Å². The van der Waals surface area contributed by atoms with Crippen molar-refractivity contribution >= 4 is 17.6 Å². The van der Waals surface area contributed by atoms with Gasteiger partial charge in [-0.1, -0.05) is 0 Å². The van der Waals surface area contributed by atoms with Crippen LogP contribution in [0.5, 0.6) is 5.75 Å². The molecule has 6 heteroatoms. The lowest BCUT2D eigenvalue weighted by Gasteiger charge is -2.32. The summed E-state index contributed by atoms with van der Waals surface area (Å²) in [5.74, 6) is -1.53. The molecule has 90 valence electrons. The number of anilines is 1. The summed E-state index contributed by atoms with van der Waals surface area (Å²) in [7, 11) is 0. The van der Waals surface area contributed by atoms with Crippen molar-refractivity contribution in [1.29, 1.82) is 0 Å². The standard InChI is InChI=1S/C11H11NO5/c13-9(14)8-7-6(5-16-8)12-10(15)11(17-7)3-1-2-4-11/h5H,1-4H2,(H,12,15)(H,13,14). The van der Waals surface area contributed by atoms with Crippen molar-refractivity contribution < 1.29 is 23.8 Å². The van der Waals surface area contributed by atoms with Crippen molar-refractivity contribution in [2.45, 2.75) is 31.3 Å². The van der Waals surface area contributed by atoms with Gasteiger partial charge >= 0.3 is 5.97 Å². The number of carboxylic acids is 1. The molecule has 1 aromatic heterocycles. The van der Waals surface area contributed by atoms with E-state index in [1.807, 2.05) is 0 Å². The summed E-state index contributed by atoms with van der Waals surface area (Å²) in [6.45, 7) is 0. The molecule has 6 nitrogen and oxygen atoms in total. The van der Waals surface area contributed by atoms with Gasteiger partial charge in [0.2, 0.25) is 0 Å². The van der Waals surface area contributed by atoms with Gasteiger partial charge in [0, 0.05) is 0 Å². The number of fused-ring (bicyclic) bond motifs is 1. The van der Waals surface area contributed by atoms with Crippen LogP contribution in [-0.2, 0) is 4.79 Å². The molecular formula is C11H11NO5. The van der Waals surface area contributed by atoms with Crippen LogP contribution in [0.3, 0.4) is 0 Å². The Hall–Kier alpha value is -1.98. The van der Waals surface area contributed by atoms with Crippen LogP contribution < -0.4 is 10.1 Å². The van der Waals surface area contributed by atoms with Crippen LogP contribution in [0.25, 0.3) is 0 Å². The molecule has 3 rings (SSSR count). The van der Waals surface area contributed by atoms with Crippen molar-refractivity contribution in [2.24, 2.45) is 0 Å². The fraction of sp³-hybridized carbons (Fsp3) is 0.455. The maximum absolute atomic E-state index is 11.9. The average Bonchev–Trinajstić information content (AvgIpc) is 2.87. The molecule has 2 N–H and O–H groups in total. The Morgan fingerprint density at radius 3 is 2.76 bits per heavy atom. The third-order valence-corrected chi connectivity index (χ3v) is 3.31. The summed E-state index contributed by atoms with van der Waals surface area (Å²) in [6, 6.07) is 0. The topological polar surface area (TPSA) is 88.8 Å². The molecule has 1 amide bonds. The average molecular weight is 237 g/mol. The Morgan fingerprint density at radius 1 is 1.41 bits per heavy atom. The van der Waals surface area contributed by atoms with E-state index < -0.39 is 11.6 Å². The third kappa shape index (κ3) is 1.33. The monoisotopic (exact) mass is 237 g/mol. The molecule has 0 unspecified atom stereocenters. The van der Waals surface area contributed by atoms with Crippen LogP contribution in [-0.4, -0.2) is 22.6 Å². The lowest BCUT2D eigenvalue weighted by molar-refractivity contribution is -0.132. The summed E-state index contributed by atoms with van der Waals surface area (Å²) in [5, 5.41) is 11.6. The molecule has 1 aromatic rings. The van der Waals surface area contributed by atoms with Gasteiger partial charge in [0.1, 0.15) is 12.0 Å². The first-order chi connectivity index (χ1) is 8.12. The quantitative estimate of drug-likeness (QED) is 0.774. The Morgan fingerprint density at radius 2 is 2.12 bits per heavy atom. The van der Waals surface area contributed by atoms with Crippen LogP contribution in [0.4, 0.5) is 5.69 Å². The summed E-state index contributed by atoms with van der Waals surface area (Å²) >= 11 is 0. The number of carboxylic acid groups (broad SMARTS) is 1. The van der Waals surface area contributed by atoms with Gasteiger partial charge in [-0.2, -0.15) is 0 Å². The Bertz CT molecular complexity index is 498. The molecule has 1 aliphatic heterocycles. The first-order valence-corrected chi connectivity index (χ1v) is 5.48. The molecule has 0 atom stereocenters. The number of rotatable bonds is 1. The van der Waals surface area contributed by atoms with Crippen LogP contribution in [0, 0.1) is 0 Å². The summed E-state index contributed by atoms with van der Waals surface area (Å²) in [4.78, 5) is 22.9. The van der Waals surface area contributed by atoms with Crippen molar-refractivity contribution in [3.63, 3.8) is 0 Å². The van der Waals surface area contributed by atoms with Gasteiger partial charge in [-0.25, -0.2) is 4.79 Å². The second kappa shape index (κ2) is 3.26. The summed E-state index contributed by atoms with van der Waals surface area (Å²) < 4.78 is 10.5. The molecule has 1 saturated carbocycles. The first kappa shape index (κ1) is 10.2. The van der Waals surface area contributed by atoms with E-state index in [4.69, 9.17) is 14.3 Å². The van der Waals surface area contributed by atoms with Gasteiger partial charge in [-0.15, -0.1) is 0 Å². The first-order valence-electron chi connectivity index (χ1n) is 5.48. The van der Waals surface area contributed by atoms with Crippen LogP contribution >= 0.6 is 0 Å². The van der Waals surface area contributed by atoms with E-state index >= 15 is 0 Å². The molecule has 2 heterocycles. The number of furan rings is 1. The fourth-order valence-electron chi connectivity index (χ4n) is 2.44. The smallest absolute Gasteiger partial charge is 0.375 e. The number of hydrogen-bond acceptors (Lipinski definition) is 4. The largest absolute Gasteiger partial charge is 0.475 e. The van der Waals surface area contributed by atoms with Gasteiger partial charge in [-0.3, -0.25) is 4.79 Å². The summed E-state index contributed by atoms with van der Waals surface area (Å²) in [6.07, 6.45) is 4.23. The Balaban J connectivity index is 2.04. The fourth-order valence-corrected chi connectivity index (χ4v) is 2.44. The maximum atomic E-state index is 11.9. The number of amides is 1. The lowest BCUT2D eigenvalue weighted by Crippen LogP contribution is -2.48. The maximum Gasteiger partial charge on any atom is 0.375 e. The Kier molecular flexibility index (Phi) is 1.95. The normalized spacial score (nSPS) is 20.8.